The first-order valence-electron chi connectivity index (χ1n) is 5.39. The second-order valence-electron chi connectivity index (χ2n) is 3.71. The number of carbonyl (C=O) groups is 1. The van der Waals surface area contributed by atoms with E-state index in [9.17, 15) is 4.79 Å². The molecule has 0 fully saturated rings. The van der Waals surface area contributed by atoms with Crippen LogP contribution in [0.3, 0.4) is 0 Å². The van der Waals surface area contributed by atoms with Crippen molar-refractivity contribution in [2.75, 3.05) is 6.54 Å². The van der Waals surface area contributed by atoms with Gasteiger partial charge in [-0.25, -0.2) is 4.79 Å². The summed E-state index contributed by atoms with van der Waals surface area (Å²) in [4.78, 5) is 13.5. The highest BCUT2D eigenvalue weighted by Crippen LogP contribution is 2.04. The summed E-state index contributed by atoms with van der Waals surface area (Å²) < 4.78 is 0. The molecular weight excluding hydrogens is 200 g/mol. The van der Waals surface area contributed by atoms with Gasteiger partial charge in [0.25, 0.3) is 0 Å². The minimum atomic E-state index is -0.0983. The molecule has 1 N–H and O–H groups in total. The third-order valence-electron chi connectivity index (χ3n) is 2.21. The molecule has 0 atom stereocenters. The highest BCUT2D eigenvalue weighted by Gasteiger charge is 2.10. The van der Waals surface area contributed by atoms with Crippen molar-refractivity contribution in [3.63, 3.8) is 0 Å². The first kappa shape index (κ1) is 12.3. The summed E-state index contributed by atoms with van der Waals surface area (Å²) in [5, 5.41) is 2.71. The second-order valence-corrected chi connectivity index (χ2v) is 3.71. The van der Waals surface area contributed by atoms with Crippen molar-refractivity contribution in [2.45, 2.75) is 20.4 Å². The zero-order chi connectivity index (χ0) is 12.0. The lowest BCUT2D eigenvalue weighted by Gasteiger charge is -2.21. The fraction of sp³-hybridized carbons (Fsp3) is 0.308. The Bertz CT molecular complexity index is 359. The molecule has 0 aliphatic heterocycles. The van der Waals surface area contributed by atoms with Crippen molar-refractivity contribution in [3.8, 4) is 0 Å². The first-order valence-corrected chi connectivity index (χ1v) is 5.39. The fourth-order valence-electron chi connectivity index (χ4n) is 1.39. The summed E-state index contributed by atoms with van der Waals surface area (Å²) in [6.07, 6.45) is 0. The number of hydrogen-bond acceptors (Lipinski definition) is 1. The van der Waals surface area contributed by atoms with E-state index in [-0.39, 0.29) is 6.03 Å². The topological polar surface area (TPSA) is 32.3 Å². The third-order valence-corrected chi connectivity index (χ3v) is 2.21. The van der Waals surface area contributed by atoms with Gasteiger partial charge in [0.15, 0.2) is 0 Å². The highest BCUT2D eigenvalue weighted by molar-refractivity contribution is 5.75. The van der Waals surface area contributed by atoms with Crippen molar-refractivity contribution < 1.29 is 4.79 Å². The van der Waals surface area contributed by atoms with E-state index in [0.29, 0.717) is 18.8 Å². The molecule has 0 unspecified atom stereocenters. The van der Waals surface area contributed by atoms with E-state index < -0.39 is 0 Å². The SMILES string of the molecule is C=C(C)NC(=O)N(CC)Cc1ccccc1. The van der Waals surface area contributed by atoms with Crippen LogP contribution in [0.4, 0.5) is 4.79 Å². The molecule has 0 aliphatic carbocycles. The zero-order valence-electron chi connectivity index (χ0n) is 9.86. The summed E-state index contributed by atoms with van der Waals surface area (Å²) in [6, 6.07) is 9.83. The van der Waals surface area contributed by atoms with E-state index in [0.717, 1.165) is 5.56 Å². The predicted octanol–water partition coefficient (Wildman–Crippen LogP) is 2.75. The average Bonchev–Trinajstić information content (AvgIpc) is 2.26. The molecular formula is C13H18N2O. The molecule has 0 aromatic heterocycles. The summed E-state index contributed by atoms with van der Waals surface area (Å²) in [6.45, 7) is 8.69. The van der Waals surface area contributed by atoms with E-state index in [2.05, 4.69) is 11.9 Å². The van der Waals surface area contributed by atoms with Crippen molar-refractivity contribution >= 4 is 6.03 Å². The van der Waals surface area contributed by atoms with Gasteiger partial charge in [0.2, 0.25) is 0 Å². The van der Waals surface area contributed by atoms with Crippen LogP contribution >= 0.6 is 0 Å². The maximum atomic E-state index is 11.7. The monoisotopic (exact) mass is 218 g/mol. The predicted molar refractivity (Wildman–Crippen MR) is 65.9 cm³/mol. The second kappa shape index (κ2) is 5.95. The summed E-state index contributed by atoms with van der Waals surface area (Å²) in [5.41, 5.74) is 1.79. The number of carbonyl (C=O) groups excluding carboxylic acids is 1. The van der Waals surface area contributed by atoms with Crippen LogP contribution in [0.1, 0.15) is 19.4 Å². The van der Waals surface area contributed by atoms with Crippen molar-refractivity contribution in [1.82, 2.24) is 10.2 Å². The molecule has 0 bridgehead atoms. The standard InChI is InChI=1S/C13H18N2O/c1-4-15(13(16)14-11(2)3)10-12-8-6-5-7-9-12/h5-9H,2,4,10H2,1,3H3,(H,14,16). The van der Waals surface area contributed by atoms with Gasteiger partial charge < -0.3 is 10.2 Å². The number of benzene rings is 1. The van der Waals surface area contributed by atoms with Crippen LogP contribution in [0.2, 0.25) is 0 Å². The molecule has 1 aromatic rings. The third kappa shape index (κ3) is 3.77. The van der Waals surface area contributed by atoms with Gasteiger partial charge in [-0.3, -0.25) is 0 Å². The van der Waals surface area contributed by atoms with Gasteiger partial charge in [-0.1, -0.05) is 36.9 Å². The van der Waals surface area contributed by atoms with E-state index in [1.54, 1.807) is 11.8 Å². The maximum Gasteiger partial charge on any atom is 0.321 e. The lowest BCUT2D eigenvalue weighted by atomic mass is 10.2. The van der Waals surface area contributed by atoms with Crippen molar-refractivity contribution in [3.05, 3.63) is 48.2 Å². The Labute approximate surface area is 96.8 Å². The molecule has 0 saturated heterocycles. The Morgan fingerprint density at radius 2 is 2.00 bits per heavy atom. The Morgan fingerprint density at radius 1 is 1.38 bits per heavy atom. The number of nitrogens with one attached hydrogen (secondary N) is 1. The maximum absolute atomic E-state index is 11.7. The summed E-state index contributed by atoms with van der Waals surface area (Å²) in [5.74, 6) is 0. The molecule has 0 heterocycles. The molecule has 0 saturated carbocycles. The van der Waals surface area contributed by atoms with Crippen LogP contribution < -0.4 is 5.32 Å². The molecule has 1 aromatic carbocycles. The van der Waals surface area contributed by atoms with Gasteiger partial charge >= 0.3 is 6.03 Å². The van der Waals surface area contributed by atoms with Crippen LogP contribution in [0.15, 0.2) is 42.6 Å². The molecule has 0 aliphatic rings. The number of allylic oxidation sites excluding steroid dienone is 1. The number of rotatable bonds is 4. The summed E-state index contributed by atoms with van der Waals surface area (Å²) in [7, 11) is 0. The smallest absolute Gasteiger partial charge is 0.320 e. The lowest BCUT2D eigenvalue weighted by molar-refractivity contribution is 0.201. The molecule has 3 nitrogen and oxygen atoms in total. The number of amides is 2. The van der Waals surface area contributed by atoms with Crippen LogP contribution in [0.25, 0.3) is 0 Å². The number of urea groups is 1. The van der Waals surface area contributed by atoms with Gasteiger partial charge in [0.05, 0.1) is 0 Å². The van der Waals surface area contributed by atoms with E-state index in [1.165, 1.54) is 0 Å². The summed E-state index contributed by atoms with van der Waals surface area (Å²) >= 11 is 0. The van der Waals surface area contributed by atoms with E-state index in [4.69, 9.17) is 0 Å². The Morgan fingerprint density at radius 3 is 2.50 bits per heavy atom. The van der Waals surface area contributed by atoms with Crippen LogP contribution in [-0.2, 0) is 6.54 Å². The van der Waals surface area contributed by atoms with Gasteiger partial charge in [0.1, 0.15) is 0 Å². The Balaban J connectivity index is 2.62. The van der Waals surface area contributed by atoms with E-state index in [1.807, 2.05) is 37.3 Å². The van der Waals surface area contributed by atoms with Crippen LogP contribution in [-0.4, -0.2) is 17.5 Å². The molecule has 1 rings (SSSR count). The Hall–Kier alpha value is -1.77. The molecule has 2 amide bonds. The van der Waals surface area contributed by atoms with Gasteiger partial charge in [0, 0.05) is 18.8 Å². The zero-order valence-corrected chi connectivity index (χ0v) is 9.86. The minimum absolute atomic E-state index is 0.0983. The molecule has 16 heavy (non-hydrogen) atoms. The molecule has 0 radical (unpaired) electrons. The van der Waals surface area contributed by atoms with Gasteiger partial charge in [-0.2, -0.15) is 0 Å². The Kier molecular flexibility index (Phi) is 4.58. The van der Waals surface area contributed by atoms with Crippen molar-refractivity contribution in [2.24, 2.45) is 0 Å². The quantitative estimate of drug-likeness (QED) is 0.828. The first-order chi connectivity index (χ1) is 7.63. The largest absolute Gasteiger partial charge is 0.321 e. The van der Waals surface area contributed by atoms with Gasteiger partial charge in [-0.15, -0.1) is 0 Å². The molecule has 86 valence electrons. The average molecular weight is 218 g/mol. The normalized spacial score (nSPS) is 9.62. The van der Waals surface area contributed by atoms with Crippen LogP contribution in [0.5, 0.6) is 0 Å². The highest BCUT2D eigenvalue weighted by atomic mass is 16.2. The number of nitrogens with zero attached hydrogens (tertiary/aromatic N) is 1. The van der Waals surface area contributed by atoms with E-state index >= 15 is 0 Å². The number of hydrogen-bond donors (Lipinski definition) is 1. The molecule has 3 heteroatoms. The fourth-order valence-corrected chi connectivity index (χ4v) is 1.39. The van der Waals surface area contributed by atoms with Crippen molar-refractivity contribution in [1.29, 1.82) is 0 Å². The lowest BCUT2D eigenvalue weighted by Crippen LogP contribution is -2.38. The molecule has 0 spiro atoms. The van der Waals surface area contributed by atoms with Gasteiger partial charge in [-0.05, 0) is 19.4 Å². The minimum Gasteiger partial charge on any atom is -0.320 e. The van der Waals surface area contributed by atoms with Crippen LogP contribution in [0, 0.1) is 0 Å².